The minimum atomic E-state index is -0.223. The lowest BCUT2D eigenvalue weighted by molar-refractivity contribution is 0.110. The number of nitrogens with zero attached hydrogens (tertiary/aromatic N) is 7. The fourth-order valence-corrected chi connectivity index (χ4v) is 5.54. The lowest BCUT2D eigenvalue weighted by atomic mass is 9.98. The van der Waals surface area contributed by atoms with Gasteiger partial charge in [0.15, 0.2) is 5.82 Å². The van der Waals surface area contributed by atoms with E-state index >= 15 is 0 Å². The van der Waals surface area contributed by atoms with Crippen LogP contribution in [-0.4, -0.2) is 49.8 Å². The number of piperazine rings is 1. The minimum Gasteiger partial charge on any atom is -0.362 e. The van der Waals surface area contributed by atoms with E-state index in [1.54, 1.807) is 29.8 Å². The van der Waals surface area contributed by atoms with Gasteiger partial charge in [0.05, 0.1) is 11.2 Å². The number of anilines is 1. The molecule has 3 atom stereocenters. The van der Waals surface area contributed by atoms with Crippen LogP contribution < -0.4 is 10.5 Å². The van der Waals surface area contributed by atoms with Crippen LogP contribution >= 0.6 is 11.6 Å². The molecule has 9 nitrogen and oxygen atoms in total. The topological polar surface area (TPSA) is 84.7 Å². The fraction of sp³-hybridized carbons (Fsp3) is 0.393. The number of halogens is 1. The summed E-state index contributed by atoms with van der Waals surface area (Å²) in [7, 11) is 1.73. The number of hydrogen-bond donors (Lipinski definition) is 0. The Kier molecular flexibility index (Phi) is 6.17. The zero-order valence-corrected chi connectivity index (χ0v) is 22.3. The van der Waals surface area contributed by atoms with Gasteiger partial charge in [-0.2, -0.15) is 4.98 Å². The number of fused-ring (bicyclic) bond motifs is 1. The van der Waals surface area contributed by atoms with Crippen LogP contribution in [0.5, 0.6) is 0 Å². The van der Waals surface area contributed by atoms with Gasteiger partial charge in [-0.15, -0.1) is 4.98 Å². The second-order valence-electron chi connectivity index (χ2n) is 10.3. The van der Waals surface area contributed by atoms with Crippen LogP contribution in [0.4, 0.5) is 11.5 Å². The Morgan fingerprint density at radius 3 is 2.55 bits per heavy atom. The summed E-state index contributed by atoms with van der Waals surface area (Å²) < 4.78 is 7.42. The summed E-state index contributed by atoms with van der Waals surface area (Å²) in [5.41, 5.74) is 3.05. The van der Waals surface area contributed by atoms with Crippen molar-refractivity contribution in [1.29, 1.82) is 0 Å². The lowest BCUT2D eigenvalue weighted by Gasteiger charge is -2.47. The molecule has 1 saturated heterocycles. The molecule has 4 aromatic rings. The van der Waals surface area contributed by atoms with Gasteiger partial charge >= 0.3 is 0 Å². The Labute approximate surface area is 225 Å². The Hall–Kier alpha value is -3.74. The normalized spacial score (nSPS) is 21.0. The third-order valence-electron chi connectivity index (χ3n) is 7.66. The van der Waals surface area contributed by atoms with Gasteiger partial charge < -0.3 is 18.8 Å². The van der Waals surface area contributed by atoms with Gasteiger partial charge in [0, 0.05) is 49.2 Å². The van der Waals surface area contributed by atoms with E-state index in [1.807, 2.05) is 24.3 Å². The summed E-state index contributed by atoms with van der Waals surface area (Å²) in [5.74, 6) is 2.08. The first-order valence-electron chi connectivity index (χ1n) is 12.8. The molecule has 4 heterocycles. The van der Waals surface area contributed by atoms with E-state index in [2.05, 4.69) is 38.6 Å². The molecule has 2 aliphatic rings. The van der Waals surface area contributed by atoms with Crippen molar-refractivity contribution in [1.82, 2.24) is 24.6 Å². The first kappa shape index (κ1) is 24.6. The van der Waals surface area contributed by atoms with Crippen LogP contribution in [-0.2, 0) is 7.05 Å². The molecule has 1 aromatic carbocycles. The summed E-state index contributed by atoms with van der Waals surface area (Å²) in [5, 5.41) is 4.97. The molecule has 1 aliphatic carbocycles. The van der Waals surface area contributed by atoms with Gasteiger partial charge in [-0.25, -0.2) is 0 Å². The molecular weight excluding hydrogens is 502 g/mol. The third kappa shape index (κ3) is 4.34. The zero-order chi connectivity index (χ0) is 26.6. The number of benzene rings is 1. The van der Waals surface area contributed by atoms with Gasteiger partial charge in [-0.3, -0.25) is 9.69 Å². The maximum Gasteiger partial charge on any atom is 0.270 e. The van der Waals surface area contributed by atoms with E-state index in [0.717, 1.165) is 29.9 Å². The molecule has 0 spiro atoms. The summed E-state index contributed by atoms with van der Waals surface area (Å²) in [6.07, 6.45) is 2.20. The smallest absolute Gasteiger partial charge is 0.270 e. The van der Waals surface area contributed by atoms with Gasteiger partial charge in [-0.05, 0) is 56.5 Å². The minimum absolute atomic E-state index is 0.0422. The number of pyridine rings is 2. The van der Waals surface area contributed by atoms with E-state index in [0.29, 0.717) is 46.8 Å². The molecule has 10 heteroatoms. The average Bonchev–Trinajstić information content (AvgIpc) is 3.66. The quantitative estimate of drug-likeness (QED) is 0.333. The van der Waals surface area contributed by atoms with E-state index in [-0.39, 0.29) is 23.7 Å². The second kappa shape index (κ2) is 9.53. The molecule has 1 aliphatic heterocycles. The number of rotatable bonds is 5. The summed E-state index contributed by atoms with van der Waals surface area (Å²) >= 11 is 6.21. The van der Waals surface area contributed by atoms with E-state index in [4.69, 9.17) is 27.7 Å². The number of hydrogen-bond acceptors (Lipinski definition) is 7. The number of aromatic nitrogens is 4. The standard InChI is InChI=1S/C28H28ClN7O2/c1-16-15-36(26(18-7-9-20(29)10-8-18)28-32-27(33-38-28)19-5-6-19)17(2)14-35(16)22-13-24(37)34(4)21-11-12-23(30-3)31-25(21)22/h7-13,16-17,19,26H,5-6,14-15H2,1-2,4H3/t16-,17+,26?/m0/s1. The highest BCUT2D eigenvalue weighted by atomic mass is 35.5. The Bertz CT molecular complexity index is 1600. The molecule has 0 amide bonds. The van der Waals surface area contributed by atoms with Gasteiger partial charge in [0.2, 0.25) is 11.4 Å². The predicted molar refractivity (Wildman–Crippen MR) is 146 cm³/mol. The molecule has 0 radical (unpaired) electrons. The van der Waals surface area contributed by atoms with E-state index in [9.17, 15) is 4.79 Å². The first-order chi connectivity index (χ1) is 18.3. The predicted octanol–water partition coefficient (Wildman–Crippen LogP) is 5.09. The molecule has 194 valence electrons. The average molecular weight is 530 g/mol. The van der Waals surface area contributed by atoms with Crippen molar-refractivity contribution >= 4 is 34.1 Å². The molecule has 0 bridgehead atoms. The van der Waals surface area contributed by atoms with Crippen LogP contribution in [0.2, 0.25) is 5.02 Å². The van der Waals surface area contributed by atoms with Crippen molar-refractivity contribution in [2.75, 3.05) is 18.0 Å². The highest BCUT2D eigenvalue weighted by Crippen LogP contribution is 2.40. The SMILES string of the molecule is [C-]#[N+]c1ccc2c(n1)c(N1C[C@@H](C)N(C(c3ccc(Cl)cc3)c3nc(C4CC4)no3)C[C@@H]1C)cc(=O)n2C. The van der Waals surface area contributed by atoms with Crippen molar-refractivity contribution in [3.63, 3.8) is 0 Å². The number of aryl methyl sites for hydroxylation is 1. The van der Waals surface area contributed by atoms with Gasteiger partial charge in [0.1, 0.15) is 6.04 Å². The third-order valence-corrected chi connectivity index (χ3v) is 7.92. The zero-order valence-electron chi connectivity index (χ0n) is 21.5. The first-order valence-corrected chi connectivity index (χ1v) is 13.2. The monoisotopic (exact) mass is 529 g/mol. The Morgan fingerprint density at radius 2 is 1.84 bits per heavy atom. The maximum atomic E-state index is 12.9. The van der Waals surface area contributed by atoms with Crippen LogP contribution in [0, 0.1) is 6.57 Å². The summed E-state index contributed by atoms with van der Waals surface area (Å²) in [6, 6.07) is 12.8. The van der Waals surface area contributed by atoms with Crippen molar-refractivity contribution in [3.05, 3.63) is 86.5 Å². The van der Waals surface area contributed by atoms with Gasteiger partial charge in [-0.1, -0.05) is 35.5 Å². The molecule has 1 unspecified atom stereocenters. The van der Waals surface area contributed by atoms with E-state index < -0.39 is 0 Å². The van der Waals surface area contributed by atoms with Crippen molar-refractivity contribution in [2.45, 2.75) is 50.7 Å². The van der Waals surface area contributed by atoms with Crippen molar-refractivity contribution < 1.29 is 4.52 Å². The summed E-state index contributed by atoms with van der Waals surface area (Å²) in [6.45, 7) is 13.1. The van der Waals surface area contributed by atoms with E-state index in [1.165, 1.54) is 0 Å². The molecular formula is C28H28ClN7O2. The van der Waals surface area contributed by atoms with Crippen LogP contribution in [0.25, 0.3) is 15.9 Å². The maximum absolute atomic E-state index is 12.9. The van der Waals surface area contributed by atoms with Gasteiger partial charge in [0.25, 0.3) is 11.4 Å². The molecule has 6 rings (SSSR count). The molecule has 1 saturated carbocycles. The highest BCUT2D eigenvalue weighted by molar-refractivity contribution is 6.30. The van der Waals surface area contributed by atoms with Crippen LogP contribution in [0.3, 0.4) is 0 Å². The highest BCUT2D eigenvalue weighted by Gasteiger charge is 2.39. The second-order valence-corrected chi connectivity index (χ2v) is 10.8. The molecule has 3 aromatic heterocycles. The Morgan fingerprint density at radius 1 is 1.08 bits per heavy atom. The molecule has 38 heavy (non-hydrogen) atoms. The van der Waals surface area contributed by atoms with Crippen LogP contribution in [0.15, 0.2) is 51.8 Å². The van der Waals surface area contributed by atoms with Crippen molar-refractivity contribution in [2.24, 2.45) is 7.05 Å². The molecule has 0 N–H and O–H groups in total. The lowest BCUT2D eigenvalue weighted by Crippen LogP contribution is -2.57. The Balaban J connectivity index is 1.38. The van der Waals surface area contributed by atoms with Crippen molar-refractivity contribution in [3.8, 4) is 0 Å². The summed E-state index contributed by atoms with van der Waals surface area (Å²) in [4.78, 5) is 30.4. The molecule has 2 fully saturated rings. The fourth-order valence-electron chi connectivity index (χ4n) is 5.42. The largest absolute Gasteiger partial charge is 0.362 e. The van der Waals surface area contributed by atoms with Crippen LogP contribution in [0.1, 0.15) is 55.9 Å².